The molecule has 29 heavy (non-hydrogen) atoms. The highest BCUT2D eigenvalue weighted by molar-refractivity contribution is 7.09. The number of anilines is 1. The van der Waals surface area contributed by atoms with Crippen LogP contribution in [0.4, 0.5) is 5.95 Å². The van der Waals surface area contributed by atoms with Crippen LogP contribution in [0.1, 0.15) is 4.88 Å². The molecule has 2 N–H and O–H groups in total. The van der Waals surface area contributed by atoms with Gasteiger partial charge in [0, 0.05) is 23.7 Å². The fraction of sp³-hybridized carbons (Fsp3) is 0.158. The molecule has 4 heterocycles. The van der Waals surface area contributed by atoms with Gasteiger partial charge in [-0.3, -0.25) is 9.78 Å². The molecule has 0 radical (unpaired) electrons. The van der Waals surface area contributed by atoms with E-state index in [1.807, 2.05) is 11.4 Å². The average Bonchev–Trinajstić information content (AvgIpc) is 3.39. The van der Waals surface area contributed by atoms with Gasteiger partial charge in [0.2, 0.25) is 12.7 Å². The highest BCUT2D eigenvalue weighted by atomic mass is 32.1. The second kappa shape index (κ2) is 7.06. The van der Waals surface area contributed by atoms with Crippen molar-refractivity contribution in [2.24, 2.45) is 0 Å². The molecule has 3 aromatic heterocycles. The molecule has 146 valence electrons. The van der Waals surface area contributed by atoms with Gasteiger partial charge in [-0.05, 0) is 30.0 Å². The number of nitrogens with one attached hydrogen (secondary N) is 2. The van der Waals surface area contributed by atoms with Gasteiger partial charge in [0.15, 0.2) is 17.1 Å². The Bertz CT molecular complexity index is 1310. The Hall–Kier alpha value is -3.66. The Morgan fingerprint density at radius 2 is 2.10 bits per heavy atom. The maximum absolute atomic E-state index is 12.9. The van der Waals surface area contributed by atoms with Crippen molar-refractivity contribution in [3.63, 3.8) is 0 Å². The molecule has 0 atom stereocenters. The lowest BCUT2D eigenvalue weighted by atomic mass is 10.2. The number of rotatable bonds is 5. The van der Waals surface area contributed by atoms with Gasteiger partial charge < -0.3 is 14.8 Å². The number of aromatic amines is 1. The smallest absolute Gasteiger partial charge is 0.334 e. The molecule has 1 aromatic carbocycles. The normalized spacial score (nSPS) is 12.4. The van der Waals surface area contributed by atoms with Gasteiger partial charge in [0.05, 0.1) is 5.69 Å². The molecule has 10 heteroatoms. The van der Waals surface area contributed by atoms with E-state index in [1.165, 1.54) is 11.1 Å². The first-order chi connectivity index (χ1) is 14.2. The highest BCUT2D eigenvalue weighted by Gasteiger charge is 2.17. The summed E-state index contributed by atoms with van der Waals surface area (Å²) in [7, 11) is 0. The van der Waals surface area contributed by atoms with Gasteiger partial charge >= 0.3 is 5.69 Å². The van der Waals surface area contributed by atoms with Gasteiger partial charge in [0.25, 0.3) is 5.56 Å². The number of fused-ring (bicyclic) bond motifs is 2. The van der Waals surface area contributed by atoms with Crippen molar-refractivity contribution in [2.75, 3.05) is 18.7 Å². The van der Waals surface area contributed by atoms with Crippen molar-refractivity contribution in [3.05, 3.63) is 67.6 Å². The van der Waals surface area contributed by atoms with E-state index in [0.29, 0.717) is 29.7 Å². The molecule has 0 amide bonds. The predicted molar refractivity (Wildman–Crippen MR) is 108 cm³/mol. The topological polar surface area (TPSA) is 111 Å². The first-order valence-electron chi connectivity index (χ1n) is 8.87. The van der Waals surface area contributed by atoms with E-state index < -0.39 is 11.2 Å². The van der Waals surface area contributed by atoms with Crippen molar-refractivity contribution in [1.82, 2.24) is 19.5 Å². The fourth-order valence-electron chi connectivity index (χ4n) is 3.10. The number of ether oxygens (including phenoxy) is 2. The largest absolute Gasteiger partial charge is 0.454 e. The Morgan fingerprint density at radius 3 is 2.97 bits per heavy atom. The summed E-state index contributed by atoms with van der Waals surface area (Å²) in [6.07, 6.45) is 2.25. The quantitative estimate of drug-likeness (QED) is 0.518. The Balaban J connectivity index is 1.47. The molecule has 9 nitrogen and oxygen atoms in total. The first kappa shape index (κ1) is 17.4. The minimum Gasteiger partial charge on any atom is -0.454 e. The lowest BCUT2D eigenvalue weighted by Crippen LogP contribution is -2.34. The molecule has 0 unspecified atom stereocenters. The van der Waals surface area contributed by atoms with E-state index in [4.69, 9.17) is 9.47 Å². The minimum absolute atomic E-state index is 0.109. The Labute approximate surface area is 167 Å². The minimum atomic E-state index is -0.593. The molecule has 0 fully saturated rings. The number of thiophene rings is 1. The highest BCUT2D eigenvalue weighted by Crippen LogP contribution is 2.33. The third-order valence-electron chi connectivity index (χ3n) is 4.50. The number of aromatic nitrogens is 4. The molecular weight excluding hydrogens is 394 g/mol. The third-order valence-corrected chi connectivity index (χ3v) is 5.44. The van der Waals surface area contributed by atoms with E-state index in [1.54, 1.807) is 29.5 Å². The van der Waals surface area contributed by atoms with Gasteiger partial charge in [-0.2, -0.15) is 4.98 Å². The van der Waals surface area contributed by atoms with Crippen LogP contribution in [0, 0.1) is 0 Å². The van der Waals surface area contributed by atoms with Crippen molar-refractivity contribution in [3.8, 4) is 17.2 Å². The zero-order valence-corrected chi connectivity index (χ0v) is 15.9. The Kier molecular flexibility index (Phi) is 4.24. The number of H-pyrrole nitrogens is 1. The van der Waals surface area contributed by atoms with Crippen LogP contribution in [0.15, 0.2) is 51.5 Å². The molecular formula is C19H15N5O4S. The summed E-state index contributed by atoms with van der Waals surface area (Å²) in [4.78, 5) is 37.9. The van der Waals surface area contributed by atoms with Gasteiger partial charge in [-0.15, -0.1) is 11.3 Å². The number of nitrogens with zero attached hydrogens (tertiary/aromatic N) is 3. The van der Waals surface area contributed by atoms with E-state index in [2.05, 4.69) is 26.3 Å². The van der Waals surface area contributed by atoms with Crippen molar-refractivity contribution in [1.29, 1.82) is 0 Å². The maximum atomic E-state index is 12.9. The SMILES string of the molecule is O=c1[nH]c2nc(NCCc3cccs3)ncc2c(=O)n1-c1ccc2c(c1)OCO2. The summed E-state index contributed by atoms with van der Waals surface area (Å²) in [5, 5.41) is 5.35. The summed E-state index contributed by atoms with van der Waals surface area (Å²) in [6, 6.07) is 8.93. The van der Waals surface area contributed by atoms with Gasteiger partial charge in [-0.1, -0.05) is 6.07 Å². The molecule has 0 bridgehead atoms. The Morgan fingerprint density at radius 1 is 1.21 bits per heavy atom. The molecule has 0 aliphatic carbocycles. The summed E-state index contributed by atoms with van der Waals surface area (Å²) in [5.74, 6) is 1.40. The molecule has 4 aromatic rings. The van der Waals surface area contributed by atoms with Crippen LogP contribution in [0.2, 0.25) is 0 Å². The van der Waals surface area contributed by atoms with E-state index in [9.17, 15) is 9.59 Å². The molecule has 1 aliphatic rings. The van der Waals surface area contributed by atoms with E-state index in [-0.39, 0.29) is 17.8 Å². The zero-order chi connectivity index (χ0) is 19.8. The summed E-state index contributed by atoms with van der Waals surface area (Å²) >= 11 is 1.68. The zero-order valence-electron chi connectivity index (χ0n) is 15.0. The first-order valence-corrected chi connectivity index (χ1v) is 9.75. The van der Waals surface area contributed by atoms with Gasteiger partial charge in [-0.25, -0.2) is 14.3 Å². The molecule has 1 aliphatic heterocycles. The monoisotopic (exact) mass is 409 g/mol. The maximum Gasteiger partial charge on any atom is 0.334 e. The fourth-order valence-corrected chi connectivity index (χ4v) is 3.81. The van der Waals surface area contributed by atoms with Crippen LogP contribution in [0.25, 0.3) is 16.7 Å². The average molecular weight is 409 g/mol. The number of hydrogen-bond donors (Lipinski definition) is 2. The van der Waals surface area contributed by atoms with Crippen LogP contribution in [0.3, 0.4) is 0 Å². The van der Waals surface area contributed by atoms with Crippen molar-refractivity contribution < 1.29 is 9.47 Å². The summed E-state index contributed by atoms with van der Waals surface area (Å²) in [6.45, 7) is 0.752. The second-order valence-corrected chi connectivity index (χ2v) is 7.35. The van der Waals surface area contributed by atoms with E-state index >= 15 is 0 Å². The second-order valence-electron chi connectivity index (χ2n) is 6.32. The standard InChI is InChI=1S/C19H15N5O4S/c25-17-13-9-21-18(20-6-5-12-2-1-7-29-12)22-16(13)23-19(26)24(17)11-3-4-14-15(8-11)28-10-27-14/h1-4,7-9H,5-6,10H2,(H2,20,21,22,23,26). The summed E-state index contributed by atoms with van der Waals surface area (Å²) < 4.78 is 11.6. The molecule has 0 saturated carbocycles. The lowest BCUT2D eigenvalue weighted by Gasteiger charge is -2.08. The third kappa shape index (κ3) is 3.23. The van der Waals surface area contributed by atoms with E-state index in [0.717, 1.165) is 11.0 Å². The van der Waals surface area contributed by atoms with Gasteiger partial charge in [0.1, 0.15) is 5.39 Å². The van der Waals surface area contributed by atoms with Crippen LogP contribution in [-0.4, -0.2) is 32.9 Å². The molecule has 0 spiro atoms. The van der Waals surface area contributed by atoms with Crippen molar-refractivity contribution in [2.45, 2.75) is 6.42 Å². The lowest BCUT2D eigenvalue weighted by molar-refractivity contribution is 0.174. The van der Waals surface area contributed by atoms with Crippen LogP contribution >= 0.6 is 11.3 Å². The summed E-state index contributed by atoms with van der Waals surface area (Å²) in [5.41, 5.74) is -0.538. The predicted octanol–water partition coefficient (Wildman–Crippen LogP) is 1.91. The number of hydrogen-bond acceptors (Lipinski definition) is 8. The van der Waals surface area contributed by atoms with Crippen LogP contribution in [0.5, 0.6) is 11.5 Å². The molecule has 0 saturated heterocycles. The molecule has 5 rings (SSSR count). The number of benzene rings is 1. The van der Waals surface area contributed by atoms with Crippen molar-refractivity contribution >= 4 is 28.3 Å². The van der Waals surface area contributed by atoms with Crippen LogP contribution in [-0.2, 0) is 6.42 Å². The van der Waals surface area contributed by atoms with Crippen LogP contribution < -0.4 is 26.0 Å².